The number of ether oxygens (including phenoxy) is 10. The first-order valence-corrected chi connectivity index (χ1v) is 49.7. The smallest absolute Gasteiger partial charge is 0.408 e. The molecule has 4 saturated heterocycles. The number of carbonyl (C=O) groups is 12. The molecule has 0 saturated carbocycles. The number of aliphatic hydroxyl groups excluding tert-OH is 3. The number of nitrogens with zero attached hydrogens (tertiary/aromatic N) is 4. The van der Waals surface area contributed by atoms with Gasteiger partial charge >= 0.3 is 47.9 Å². The first kappa shape index (κ1) is 110. The van der Waals surface area contributed by atoms with Crippen LogP contribution in [0.15, 0.2) is 71.9 Å². The Hall–Kier alpha value is -9.94. The number of nitrogens with one attached hydrogen (secondary N) is 3. The van der Waals surface area contributed by atoms with Crippen LogP contribution in [0.2, 0.25) is 0 Å². The average Bonchev–Trinajstić information content (AvgIpc) is 1.53. The van der Waals surface area contributed by atoms with Crippen LogP contribution in [0.25, 0.3) is 0 Å². The second-order valence-corrected chi connectivity index (χ2v) is 42.0. The molecule has 3 aromatic rings. The molecule has 40 heteroatoms. The van der Waals surface area contributed by atoms with Crippen molar-refractivity contribution < 1.29 is 140 Å². The third kappa shape index (κ3) is 21.8. The van der Waals surface area contributed by atoms with E-state index in [1.54, 1.807) is 45.9 Å². The van der Waals surface area contributed by atoms with Crippen LogP contribution in [0.4, 0.5) is 4.79 Å². The number of aliphatic hydroxyl groups is 6. The van der Waals surface area contributed by atoms with Crippen LogP contribution in [-0.2, 0) is 146 Å². The summed E-state index contributed by atoms with van der Waals surface area (Å²) in [6, 6.07) is 9.59. The van der Waals surface area contributed by atoms with Gasteiger partial charge in [-0.05, 0) is 193 Å². The van der Waals surface area contributed by atoms with Crippen LogP contribution in [0.1, 0.15) is 230 Å². The highest BCUT2D eigenvalue weighted by molar-refractivity contribution is 6.40. The van der Waals surface area contributed by atoms with E-state index in [2.05, 4.69) is 30.7 Å². The Bertz CT molecular complexity index is 5320. The predicted octanol–water partition coefficient (Wildman–Crippen LogP) is 6.17. The van der Waals surface area contributed by atoms with Gasteiger partial charge in [0.25, 0.3) is 11.8 Å². The molecule has 0 unspecified atom stereocenters. The van der Waals surface area contributed by atoms with Gasteiger partial charge < -0.3 is 125 Å². The second-order valence-electron chi connectivity index (χ2n) is 41.2. The Morgan fingerprint density at radius 3 is 1.15 bits per heavy atom. The molecule has 38 nitrogen and oxygen atoms in total. The van der Waals surface area contributed by atoms with Crippen LogP contribution in [0.3, 0.4) is 0 Å². The Morgan fingerprint density at radius 1 is 0.496 bits per heavy atom. The van der Waals surface area contributed by atoms with Gasteiger partial charge in [-0.25, -0.2) is 24.0 Å². The summed E-state index contributed by atoms with van der Waals surface area (Å²) in [5.74, 6) is -3.53. The number of amides is 5. The molecule has 0 aromatic heterocycles. The van der Waals surface area contributed by atoms with Crippen molar-refractivity contribution in [1.82, 2.24) is 35.7 Å². The predicted molar refractivity (Wildman–Crippen MR) is 509 cm³/mol. The summed E-state index contributed by atoms with van der Waals surface area (Å²) in [5, 5.41) is 75.4. The Morgan fingerprint density at radius 2 is 0.830 bits per heavy atom. The highest BCUT2D eigenvalue weighted by Crippen LogP contribution is 2.68. The lowest BCUT2D eigenvalue weighted by molar-refractivity contribution is -0.200. The summed E-state index contributed by atoms with van der Waals surface area (Å²) in [4.78, 5) is 158. The third-order valence-corrected chi connectivity index (χ3v) is 29.3. The molecule has 6 aliphatic carbocycles. The largest absolute Gasteiger partial charge is 0.481 e. The normalized spacial score (nSPS) is 27.3. The van der Waals surface area contributed by atoms with E-state index in [4.69, 9.17) is 86.9 Å². The fraction of sp³-hybridized carbons (Fsp3) is 0.644. The van der Waals surface area contributed by atoms with Gasteiger partial charge in [0.2, 0.25) is 11.8 Å². The van der Waals surface area contributed by atoms with E-state index in [1.807, 2.05) is 99.1 Å². The van der Waals surface area contributed by atoms with E-state index < -0.39 is 153 Å². The molecule has 3 spiro atoms. The van der Waals surface area contributed by atoms with Crippen LogP contribution in [0.5, 0.6) is 17.2 Å². The quantitative estimate of drug-likeness (QED) is 0.0148. The van der Waals surface area contributed by atoms with Gasteiger partial charge in [0.15, 0.2) is 36.6 Å². The Kier molecular flexibility index (Phi) is 34.9. The molecule has 0 radical (unpaired) electrons. The molecular weight excluding hydrogens is 1870 g/mol. The van der Waals surface area contributed by atoms with Crippen LogP contribution in [0, 0.1) is 23.7 Å². The molecule has 7 aliphatic heterocycles. The number of hydrogen-bond donors (Lipinski definition) is 11. The van der Waals surface area contributed by atoms with Crippen molar-refractivity contribution in [2.45, 2.75) is 324 Å². The number of imide groups is 1. The number of benzene rings is 3. The van der Waals surface area contributed by atoms with Crippen molar-refractivity contribution in [1.29, 1.82) is 0 Å². The zero-order chi connectivity index (χ0) is 103. The maximum atomic E-state index is 13.2. The number of nitrogens with two attached hydrogens (primary N) is 2. The maximum Gasteiger partial charge on any atom is 0.408 e. The van der Waals surface area contributed by atoms with Gasteiger partial charge in [0, 0.05) is 103 Å². The van der Waals surface area contributed by atoms with Crippen molar-refractivity contribution in [3.8, 4) is 17.2 Å². The zero-order valence-corrected chi connectivity index (χ0v) is 84.7. The van der Waals surface area contributed by atoms with E-state index in [0.717, 1.165) is 46.5 Å². The van der Waals surface area contributed by atoms with E-state index in [0.29, 0.717) is 121 Å². The monoisotopic (exact) mass is 2010 g/mol. The lowest BCUT2D eigenvalue weighted by Gasteiger charge is -2.61. The topological polar surface area (TPSA) is 529 Å². The van der Waals surface area contributed by atoms with Gasteiger partial charge in [-0.2, -0.15) is 0 Å². The Balaban J connectivity index is 0.000000175. The molecule has 16 rings (SSSR count). The number of likely N-dealkylation sites (N-methyl/N-ethyl adjacent to an activating group) is 3. The van der Waals surface area contributed by atoms with Gasteiger partial charge in [-0.15, -0.1) is 28.3 Å². The number of carbonyl (C=O) groups excluding carboxylic acids is 12. The summed E-state index contributed by atoms with van der Waals surface area (Å²) in [6.07, 6.45) is 4.56. The number of esters is 6. The number of alkyl halides is 2. The van der Waals surface area contributed by atoms with Crippen molar-refractivity contribution in [3.05, 3.63) is 122 Å². The molecule has 5 amide bonds. The van der Waals surface area contributed by atoms with Crippen LogP contribution >= 0.6 is 23.2 Å². The van der Waals surface area contributed by atoms with Crippen molar-refractivity contribution >= 4 is 94.7 Å². The number of rotatable bonds is 31. The number of likely N-dealkylation sites (tertiary alicyclic amines) is 3. The standard InChI is InChI=1S/C35H49N3O10.C30H41N3O8.C24H30N2O7.C11H17NO4.CH2Cl2/c1-19(2)16-23(37-32(43)48-33(4,5)6)30(41)36-14-11-26(40)45-20(3)31(42)46-24-10-12-35(44)25-17-21-8-9-22(18-39)28-27(21)34(35,29(24)47-28)13-15-38(25)7;1-16(2)13-20(31)27(36)32-11-8-23(35)39-17(3)28(37)40-21-7-9-30(38)22-14-18-5-6-19(15-34)25-24(18)29(30,26(21)41-25)10-12-33(22)4;1-13(31-18(28)6-9-25)22(29)32-16-5-7-24(30)17-11-14-3-4-15(12-27)20-19(14)23(24,21(16)33-20)8-10-26(17)2;1-7(2)6-8(3)11(15)16-12-9(13)4-5-10(12)14;2-1-3/h8-10,19-20,23,25,29,39,44H,11-18H2,1-7H3,(H,36,41)(H,37,43);5-7,16-17,20,22,26,34,38H,8-15,31H2,1-4H3,(H,32,36);3-5,13,17,21,27,30H,6-12,25H2,1-2H3;7-8H,4-6H2,1-3H3;1H2/t20-,23-,25+,29-,34-,35+;17-,20-,22+,26-,29-,30+;13-,17+,21-,23-,24+;8-;/m0000./s1. The molecule has 141 heavy (non-hydrogen) atoms. The number of alkyl carbamates (subject to hydrolysis) is 1. The van der Waals surface area contributed by atoms with Crippen molar-refractivity contribution in [3.63, 3.8) is 0 Å². The first-order chi connectivity index (χ1) is 66.5. The summed E-state index contributed by atoms with van der Waals surface area (Å²) in [7, 11) is 6.03. The van der Waals surface area contributed by atoms with Gasteiger partial charge in [0.05, 0.1) is 89.4 Å². The van der Waals surface area contributed by atoms with E-state index in [9.17, 15) is 88.2 Å². The second kappa shape index (κ2) is 44.7. The molecule has 6 bridgehead atoms. The molecule has 13 aliphatic rings. The van der Waals surface area contributed by atoms with Gasteiger partial charge in [-0.1, -0.05) is 84.9 Å². The fourth-order valence-corrected chi connectivity index (χ4v) is 22.8. The van der Waals surface area contributed by atoms with E-state index in [-0.39, 0.29) is 143 Å². The minimum atomic E-state index is -1.26. The number of halogens is 2. The maximum absolute atomic E-state index is 13.2. The molecule has 776 valence electrons. The number of hydroxylamine groups is 2. The van der Waals surface area contributed by atoms with Crippen LogP contribution < -0.4 is 41.6 Å². The SMILES string of the molecule is CC(C)C[C@H](C)C(=O)ON1C(=O)CCC1=O.CC(C)C[C@H](N)C(=O)NCCC(=O)O[C@@H](C)C(=O)OC1=CC[C@@]2(O)[C@H]3Cc4ccc(CO)c5c4[C@@]2(CCN3C)[C@H]1O5.CC(C)C[C@H](NC(=O)OC(C)(C)C)C(=O)NCCC(=O)O[C@@H](C)C(=O)OC1=CC[C@@]2(O)[C@H]3Cc4ccc(CO)c5c4[C@@]2(CCN3C)[C@H]1O5.C[C@H](OC(=O)CCN)C(=O)OC1=CC[C@@]2(O)[C@H]3Cc4ccc(CO)c5c4[C@@]2(CCN3C)[C@H]1O5.ClCCl. The van der Waals surface area contributed by atoms with E-state index >= 15 is 0 Å². The molecular formula is C101H139Cl2N9O29. The summed E-state index contributed by atoms with van der Waals surface area (Å²) < 4.78 is 57.7. The summed E-state index contributed by atoms with van der Waals surface area (Å²) >= 11 is 9.53. The third-order valence-electron chi connectivity index (χ3n) is 29.3. The molecule has 3 aromatic carbocycles. The minimum absolute atomic E-state index is 0.0130. The number of piperidine rings is 3. The highest BCUT2D eigenvalue weighted by Gasteiger charge is 2.75. The van der Waals surface area contributed by atoms with Gasteiger partial charge in [-0.3, -0.25) is 33.6 Å². The molecule has 18 atom stereocenters. The lowest BCUT2D eigenvalue weighted by atomic mass is 9.50. The first-order valence-electron chi connectivity index (χ1n) is 48.6. The summed E-state index contributed by atoms with van der Waals surface area (Å²) in [5.41, 5.74) is 12.3. The minimum Gasteiger partial charge on any atom is -0.481 e. The van der Waals surface area contributed by atoms with Crippen molar-refractivity contribution in [2.24, 2.45) is 35.1 Å². The zero-order valence-electron chi connectivity index (χ0n) is 83.2. The Labute approximate surface area is 831 Å². The summed E-state index contributed by atoms with van der Waals surface area (Å²) in [6.45, 7) is 24.6. The average molecular weight is 2010 g/mol. The lowest BCUT2D eigenvalue weighted by Crippen LogP contribution is -2.74. The van der Waals surface area contributed by atoms with Gasteiger partial charge in [0.1, 0.15) is 46.2 Å². The number of hydrogen-bond acceptors (Lipinski definition) is 34. The molecule has 4 fully saturated rings. The molecule has 7 heterocycles. The van der Waals surface area contributed by atoms with Crippen LogP contribution in [-0.4, -0.2) is 277 Å². The van der Waals surface area contributed by atoms with E-state index in [1.165, 1.54) is 20.8 Å². The van der Waals surface area contributed by atoms with Crippen molar-refractivity contribution in [2.75, 3.05) is 65.8 Å². The highest BCUT2D eigenvalue weighted by atomic mass is 35.5. The fourth-order valence-electron chi connectivity index (χ4n) is 22.8. The molecule has 13 N–H and O–H groups in total.